The van der Waals surface area contributed by atoms with Crippen LogP contribution in [0.2, 0.25) is 0 Å². The molecule has 134 valence electrons. The molecule has 3 heterocycles. The van der Waals surface area contributed by atoms with E-state index in [-0.39, 0.29) is 17.4 Å². The molecule has 3 aromatic rings. The Kier molecular flexibility index (Phi) is 4.26. The van der Waals surface area contributed by atoms with E-state index in [1.165, 1.54) is 12.3 Å². The number of hydrogen-bond acceptors (Lipinski definition) is 7. The fourth-order valence-corrected chi connectivity index (χ4v) is 3.06. The van der Waals surface area contributed by atoms with Crippen LogP contribution in [0.5, 0.6) is 5.75 Å². The Morgan fingerprint density at radius 2 is 1.96 bits per heavy atom. The van der Waals surface area contributed by atoms with Crippen molar-refractivity contribution < 1.29 is 14.2 Å². The van der Waals surface area contributed by atoms with Crippen molar-refractivity contribution in [2.24, 2.45) is 0 Å². The summed E-state index contributed by atoms with van der Waals surface area (Å²) in [6.45, 7) is 1.39. The molecule has 0 spiro atoms. The van der Waals surface area contributed by atoms with Crippen LogP contribution in [0.15, 0.2) is 30.6 Å². The van der Waals surface area contributed by atoms with Gasteiger partial charge in [-0.05, 0) is 18.9 Å². The molecule has 1 aliphatic rings. The van der Waals surface area contributed by atoms with E-state index < -0.39 is 11.6 Å². The van der Waals surface area contributed by atoms with E-state index in [0.29, 0.717) is 35.6 Å². The Labute approximate surface area is 149 Å². The van der Waals surface area contributed by atoms with Crippen LogP contribution < -0.4 is 11.1 Å². The maximum atomic E-state index is 14.4. The van der Waals surface area contributed by atoms with Crippen molar-refractivity contribution in [1.82, 2.24) is 15.0 Å². The molecule has 0 saturated carbocycles. The molecule has 26 heavy (non-hydrogen) atoms. The first-order valence-corrected chi connectivity index (χ1v) is 8.37. The van der Waals surface area contributed by atoms with Crippen LogP contribution in [-0.4, -0.2) is 39.3 Å². The Morgan fingerprint density at radius 1 is 1.15 bits per heavy atom. The minimum Gasteiger partial charge on any atom is -0.505 e. The third-order valence-electron chi connectivity index (χ3n) is 4.48. The zero-order valence-electron chi connectivity index (χ0n) is 13.9. The van der Waals surface area contributed by atoms with Gasteiger partial charge in [0.1, 0.15) is 5.82 Å². The van der Waals surface area contributed by atoms with E-state index in [9.17, 15) is 9.50 Å². The van der Waals surface area contributed by atoms with Crippen LogP contribution >= 0.6 is 0 Å². The molecule has 0 bridgehead atoms. The lowest BCUT2D eigenvalue weighted by molar-refractivity contribution is 0.0903. The Hall–Kier alpha value is -3.00. The summed E-state index contributed by atoms with van der Waals surface area (Å²) in [5.74, 6) is -0.446. The van der Waals surface area contributed by atoms with Crippen molar-refractivity contribution in [3.8, 4) is 16.9 Å². The zero-order valence-corrected chi connectivity index (χ0v) is 13.9. The third kappa shape index (κ3) is 2.99. The second-order valence-corrected chi connectivity index (χ2v) is 6.18. The van der Waals surface area contributed by atoms with E-state index in [1.807, 2.05) is 0 Å². The lowest BCUT2D eigenvalue weighted by Crippen LogP contribution is -2.28. The van der Waals surface area contributed by atoms with Crippen molar-refractivity contribution in [3.63, 3.8) is 0 Å². The summed E-state index contributed by atoms with van der Waals surface area (Å²) in [6.07, 6.45) is 4.78. The highest BCUT2D eigenvalue weighted by atomic mass is 19.1. The number of hydrogen-bond donors (Lipinski definition) is 3. The average Bonchev–Trinajstić information content (AvgIpc) is 2.66. The van der Waals surface area contributed by atoms with Crippen LogP contribution in [0.3, 0.4) is 0 Å². The summed E-state index contributed by atoms with van der Waals surface area (Å²) in [5.41, 5.74) is 7.06. The summed E-state index contributed by atoms with van der Waals surface area (Å²) >= 11 is 0. The number of aromatic hydroxyl groups is 1. The van der Waals surface area contributed by atoms with Crippen molar-refractivity contribution in [2.45, 2.75) is 18.9 Å². The van der Waals surface area contributed by atoms with Crippen LogP contribution in [0.1, 0.15) is 12.8 Å². The van der Waals surface area contributed by atoms with Gasteiger partial charge in [-0.2, -0.15) is 0 Å². The zero-order chi connectivity index (χ0) is 18.1. The van der Waals surface area contributed by atoms with E-state index in [1.54, 1.807) is 18.3 Å². The summed E-state index contributed by atoms with van der Waals surface area (Å²) in [4.78, 5) is 13.0. The van der Waals surface area contributed by atoms with Gasteiger partial charge in [0, 0.05) is 42.8 Å². The summed E-state index contributed by atoms with van der Waals surface area (Å²) in [5, 5.41) is 13.5. The van der Waals surface area contributed by atoms with E-state index >= 15 is 0 Å². The molecule has 0 amide bonds. The monoisotopic (exact) mass is 355 g/mol. The van der Waals surface area contributed by atoms with Gasteiger partial charge in [0.2, 0.25) is 5.95 Å². The lowest BCUT2D eigenvalue weighted by Gasteiger charge is -2.23. The molecule has 1 saturated heterocycles. The van der Waals surface area contributed by atoms with Gasteiger partial charge in [0.15, 0.2) is 11.6 Å². The van der Waals surface area contributed by atoms with Crippen molar-refractivity contribution in [1.29, 1.82) is 0 Å². The minimum absolute atomic E-state index is 0.207. The van der Waals surface area contributed by atoms with Gasteiger partial charge in [-0.3, -0.25) is 0 Å². The first-order valence-electron chi connectivity index (χ1n) is 8.37. The number of rotatable bonds is 3. The van der Waals surface area contributed by atoms with Gasteiger partial charge in [-0.25, -0.2) is 19.3 Å². The number of nitrogens with one attached hydrogen (secondary N) is 1. The smallest absolute Gasteiger partial charge is 0.223 e. The number of phenols is 1. The number of phenolic OH excluding ortho intramolecular Hbond substituents is 1. The summed E-state index contributed by atoms with van der Waals surface area (Å²) < 4.78 is 19.8. The predicted molar refractivity (Wildman–Crippen MR) is 96.3 cm³/mol. The second-order valence-electron chi connectivity index (χ2n) is 6.18. The molecule has 0 radical (unpaired) electrons. The number of ether oxygens (including phenoxy) is 1. The number of pyridine rings is 1. The normalized spacial score (nSPS) is 15.3. The number of fused-ring (bicyclic) bond motifs is 1. The number of aromatic nitrogens is 3. The van der Waals surface area contributed by atoms with Crippen molar-refractivity contribution in [2.75, 3.05) is 24.3 Å². The number of nitrogen functional groups attached to an aromatic ring is 1. The SMILES string of the molecule is Nc1ncc(-c2cccc(O)c2F)c2nc(NC3CCOCC3)ncc12. The molecular formula is C18H18FN5O2. The average molecular weight is 355 g/mol. The third-order valence-corrected chi connectivity index (χ3v) is 4.48. The first kappa shape index (κ1) is 16.5. The van der Waals surface area contributed by atoms with Gasteiger partial charge in [-0.15, -0.1) is 0 Å². The predicted octanol–water partition coefficient (Wildman–Crippen LogP) is 2.71. The standard InChI is InChI=1S/C18H18FN5O2/c19-15-11(2-1-3-14(15)25)12-8-21-17(20)13-9-22-18(24-16(12)13)23-10-4-6-26-7-5-10/h1-3,8-10,25H,4-7H2,(H2,20,21)(H,22,23,24). The van der Waals surface area contributed by atoms with E-state index in [4.69, 9.17) is 10.5 Å². The fourth-order valence-electron chi connectivity index (χ4n) is 3.06. The highest BCUT2D eigenvalue weighted by molar-refractivity contribution is 5.98. The maximum Gasteiger partial charge on any atom is 0.223 e. The summed E-state index contributed by atoms with van der Waals surface area (Å²) in [6, 6.07) is 4.65. The maximum absolute atomic E-state index is 14.4. The van der Waals surface area contributed by atoms with Crippen LogP contribution in [-0.2, 0) is 4.74 Å². The molecule has 1 aromatic carbocycles. The number of anilines is 2. The fraction of sp³-hybridized carbons (Fsp3) is 0.278. The molecule has 7 nitrogen and oxygen atoms in total. The number of halogens is 1. The molecule has 1 fully saturated rings. The van der Waals surface area contributed by atoms with Crippen molar-refractivity contribution in [3.05, 3.63) is 36.4 Å². The van der Waals surface area contributed by atoms with Crippen LogP contribution in [0.25, 0.3) is 22.0 Å². The molecular weight excluding hydrogens is 337 g/mol. The van der Waals surface area contributed by atoms with E-state index in [2.05, 4.69) is 20.3 Å². The second kappa shape index (κ2) is 6.72. The van der Waals surface area contributed by atoms with Gasteiger partial charge in [-0.1, -0.05) is 12.1 Å². The number of nitrogens with zero attached hydrogens (tertiary/aromatic N) is 3. The molecule has 1 aliphatic heterocycles. The molecule has 0 atom stereocenters. The summed E-state index contributed by atoms with van der Waals surface area (Å²) in [7, 11) is 0. The van der Waals surface area contributed by atoms with Gasteiger partial charge >= 0.3 is 0 Å². The topological polar surface area (TPSA) is 106 Å². The Bertz CT molecular complexity index is 960. The molecule has 0 aliphatic carbocycles. The Balaban J connectivity index is 1.81. The molecule has 0 unspecified atom stereocenters. The van der Waals surface area contributed by atoms with Gasteiger partial charge < -0.3 is 20.9 Å². The Morgan fingerprint density at radius 3 is 2.77 bits per heavy atom. The largest absolute Gasteiger partial charge is 0.505 e. The number of benzene rings is 1. The molecule has 4 rings (SSSR count). The first-order chi connectivity index (χ1) is 12.6. The van der Waals surface area contributed by atoms with Gasteiger partial charge in [0.05, 0.1) is 10.9 Å². The van der Waals surface area contributed by atoms with Crippen LogP contribution in [0, 0.1) is 5.82 Å². The van der Waals surface area contributed by atoms with Gasteiger partial charge in [0.25, 0.3) is 0 Å². The molecule has 8 heteroatoms. The quantitative estimate of drug-likeness (QED) is 0.663. The highest BCUT2D eigenvalue weighted by Crippen LogP contribution is 2.33. The van der Waals surface area contributed by atoms with Crippen LogP contribution in [0.4, 0.5) is 16.2 Å². The van der Waals surface area contributed by atoms with E-state index in [0.717, 1.165) is 12.8 Å². The highest BCUT2D eigenvalue weighted by Gasteiger charge is 2.18. The molecule has 4 N–H and O–H groups in total. The molecule has 2 aromatic heterocycles. The minimum atomic E-state index is -0.724. The van der Waals surface area contributed by atoms with Crippen molar-refractivity contribution >= 4 is 22.7 Å². The number of nitrogens with two attached hydrogens (primary N) is 1. The lowest BCUT2D eigenvalue weighted by atomic mass is 10.0.